The van der Waals surface area contributed by atoms with E-state index in [0.29, 0.717) is 62.8 Å². The molecule has 5 rings (SSSR count). The van der Waals surface area contributed by atoms with Gasteiger partial charge in [-0.2, -0.15) is 0 Å². The van der Waals surface area contributed by atoms with E-state index in [4.69, 9.17) is 0 Å². The molecule has 1 aliphatic carbocycles. The van der Waals surface area contributed by atoms with Crippen molar-refractivity contribution in [2.45, 2.75) is 56.2 Å². The first kappa shape index (κ1) is 26.0. The van der Waals surface area contributed by atoms with Crippen LogP contribution in [0.2, 0.25) is 0 Å². The van der Waals surface area contributed by atoms with Crippen LogP contribution in [0.1, 0.15) is 53.9 Å². The van der Waals surface area contributed by atoms with Crippen molar-refractivity contribution in [3.63, 3.8) is 0 Å². The van der Waals surface area contributed by atoms with Crippen molar-refractivity contribution in [2.24, 2.45) is 0 Å². The van der Waals surface area contributed by atoms with Crippen molar-refractivity contribution in [1.29, 1.82) is 0 Å². The standard InChI is InChI=1S/C28H33FN6O3/c29-21-7-3-19(4-8-21)24-18-26(24)30-13-1-2-25(28(38)34-15-11-23(36)12-16-34)32-27(37)20-5-9-22(10-6-20)35-17-14-31-33-35/h3-10,14,17,23-26,30,36H,1-2,11-13,15-16,18H2,(H,32,37)/t24-,25-,26?/m0/s1. The summed E-state index contributed by atoms with van der Waals surface area (Å²) in [5.74, 6) is -0.267. The van der Waals surface area contributed by atoms with Gasteiger partial charge in [0.15, 0.2) is 0 Å². The van der Waals surface area contributed by atoms with E-state index < -0.39 is 6.04 Å². The van der Waals surface area contributed by atoms with Gasteiger partial charge in [0.2, 0.25) is 5.91 Å². The molecule has 2 amide bonds. The van der Waals surface area contributed by atoms with E-state index in [2.05, 4.69) is 20.9 Å². The van der Waals surface area contributed by atoms with Gasteiger partial charge in [-0.15, -0.1) is 5.10 Å². The Bertz CT molecular complexity index is 1210. The monoisotopic (exact) mass is 520 g/mol. The highest BCUT2D eigenvalue weighted by Crippen LogP contribution is 2.40. The van der Waals surface area contributed by atoms with Crippen molar-refractivity contribution in [2.75, 3.05) is 19.6 Å². The van der Waals surface area contributed by atoms with Crippen LogP contribution < -0.4 is 10.6 Å². The van der Waals surface area contributed by atoms with Crippen molar-refractivity contribution < 1.29 is 19.1 Å². The van der Waals surface area contributed by atoms with E-state index in [9.17, 15) is 19.1 Å². The number of halogens is 1. The average Bonchev–Trinajstić information content (AvgIpc) is 3.49. The van der Waals surface area contributed by atoms with Gasteiger partial charge in [-0.05, 0) is 80.6 Å². The minimum atomic E-state index is -0.651. The van der Waals surface area contributed by atoms with Gasteiger partial charge in [-0.1, -0.05) is 17.3 Å². The maximum Gasteiger partial charge on any atom is 0.251 e. The van der Waals surface area contributed by atoms with Crippen LogP contribution in [-0.2, 0) is 4.79 Å². The van der Waals surface area contributed by atoms with Crippen LogP contribution in [0, 0.1) is 5.82 Å². The lowest BCUT2D eigenvalue weighted by atomic mass is 10.0. The minimum Gasteiger partial charge on any atom is -0.393 e. The molecule has 2 fully saturated rings. The summed E-state index contributed by atoms with van der Waals surface area (Å²) in [7, 11) is 0. The molecule has 2 aliphatic rings. The van der Waals surface area contributed by atoms with Gasteiger partial charge in [-0.3, -0.25) is 9.59 Å². The summed E-state index contributed by atoms with van der Waals surface area (Å²) < 4.78 is 14.8. The molecule has 2 aromatic carbocycles. The van der Waals surface area contributed by atoms with Crippen LogP contribution in [0.5, 0.6) is 0 Å². The fourth-order valence-electron chi connectivity index (χ4n) is 5.01. The zero-order chi connectivity index (χ0) is 26.5. The molecular formula is C28H33FN6O3. The van der Waals surface area contributed by atoms with E-state index in [-0.39, 0.29) is 23.7 Å². The number of aliphatic hydroxyl groups excluding tert-OH is 1. The Balaban J connectivity index is 1.16. The summed E-state index contributed by atoms with van der Waals surface area (Å²) in [6, 6.07) is 13.3. The largest absolute Gasteiger partial charge is 0.393 e. The third-order valence-corrected chi connectivity index (χ3v) is 7.36. The van der Waals surface area contributed by atoms with Crippen LogP contribution in [-0.4, -0.2) is 74.6 Å². The maximum atomic E-state index is 13.3. The van der Waals surface area contributed by atoms with Crippen molar-refractivity contribution in [3.05, 3.63) is 77.9 Å². The van der Waals surface area contributed by atoms with Crippen LogP contribution in [0.3, 0.4) is 0 Å². The highest BCUT2D eigenvalue weighted by atomic mass is 19.1. The smallest absolute Gasteiger partial charge is 0.251 e. The number of carbonyl (C=O) groups is 2. The molecule has 0 spiro atoms. The fourth-order valence-corrected chi connectivity index (χ4v) is 5.01. The molecular weight excluding hydrogens is 487 g/mol. The first-order valence-electron chi connectivity index (χ1n) is 13.2. The van der Waals surface area contributed by atoms with Crippen LogP contribution in [0.25, 0.3) is 5.69 Å². The summed E-state index contributed by atoms with van der Waals surface area (Å²) in [5, 5.41) is 24.1. The number of hydrogen-bond acceptors (Lipinski definition) is 6. The van der Waals surface area contributed by atoms with E-state index >= 15 is 0 Å². The number of carbonyl (C=O) groups excluding carboxylic acids is 2. The minimum absolute atomic E-state index is 0.111. The third kappa shape index (κ3) is 6.43. The number of aliphatic hydroxyl groups is 1. The zero-order valence-electron chi connectivity index (χ0n) is 21.2. The molecule has 1 unspecified atom stereocenters. The average molecular weight is 521 g/mol. The molecule has 2 heterocycles. The van der Waals surface area contributed by atoms with Crippen molar-refractivity contribution >= 4 is 11.8 Å². The second kappa shape index (κ2) is 11.8. The molecule has 3 N–H and O–H groups in total. The van der Waals surface area contributed by atoms with E-state index in [1.54, 1.807) is 46.2 Å². The molecule has 3 atom stereocenters. The number of benzene rings is 2. The number of hydrogen-bond donors (Lipinski definition) is 3. The quantitative estimate of drug-likeness (QED) is 0.354. The Morgan fingerprint density at radius 1 is 1.08 bits per heavy atom. The second-order valence-electron chi connectivity index (χ2n) is 10.1. The number of rotatable bonds is 10. The first-order valence-corrected chi connectivity index (χ1v) is 13.2. The molecule has 1 saturated heterocycles. The molecule has 0 bridgehead atoms. The first-order chi connectivity index (χ1) is 18.5. The van der Waals surface area contributed by atoms with Gasteiger partial charge in [0.1, 0.15) is 11.9 Å². The van der Waals surface area contributed by atoms with Gasteiger partial charge in [0.05, 0.1) is 24.2 Å². The summed E-state index contributed by atoms with van der Waals surface area (Å²) in [5.41, 5.74) is 2.37. The van der Waals surface area contributed by atoms with E-state index in [1.165, 1.54) is 12.1 Å². The molecule has 3 aromatic rings. The summed E-state index contributed by atoms with van der Waals surface area (Å²) >= 11 is 0. The van der Waals surface area contributed by atoms with Gasteiger partial charge in [0, 0.05) is 30.6 Å². The topological polar surface area (TPSA) is 112 Å². The van der Waals surface area contributed by atoms with Crippen molar-refractivity contribution in [1.82, 2.24) is 30.5 Å². The SMILES string of the molecule is O=C(N[C@@H](CCCNC1C[C@H]1c1ccc(F)cc1)C(=O)N1CCC(O)CC1)c1ccc(-n2ccnn2)cc1. The summed E-state index contributed by atoms with van der Waals surface area (Å²) in [4.78, 5) is 28.2. The lowest BCUT2D eigenvalue weighted by molar-refractivity contribution is -0.135. The highest BCUT2D eigenvalue weighted by Gasteiger charge is 2.37. The Hall–Kier alpha value is -3.63. The Morgan fingerprint density at radius 3 is 2.50 bits per heavy atom. The normalized spacial score (nSPS) is 20.2. The molecule has 200 valence electrons. The van der Waals surface area contributed by atoms with Crippen LogP contribution in [0.15, 0.2) is 60.9 Å². The predicted molar refractivity (Wildman–Crippen MR) is 139 cm³/mol. The molecule has 0 radical (unpaired) electrons. The molecule has 9 nitrogen and oxygen atoms in total. The van der Waals surface area contributed by atoms with E-state index in [1.807, 2.05) is 12.1 Å². The Kier molecular flexibility index (Phi) is 8.09. The van der Waals surface area contributed by atoms with Crippen LogP contribution >= 0.6 is 0 Å². The lowest BCUT2D eigenvalue weighted by Gasteiger charge is -2.32. The number of nitrogens with zero attached hydrogens (tertiary/aromatic N) is 4. The lowest BCUT2D eigenvalue weighted by Crippen LogP contribution is -2.51. The zero-order valence-corrected chi connectivity index (χ0v) is 21.2. The van der Waals surface area contributed by atoms with Crippen LogP contribution in [0.4, 0.5) is 4.39 Å². The molecule has 1 aliphatic heterocycles. The number of likely N-dealkylation sites (tertiary alicyclic amines) is 1. The van der Waals surface area contributed by atoms with Gasteiger partial charge >= 0.3 is 0 Å². The summed E-state index contributed by atoms with van der Waals surface area (Å²) in [6.45, 7) is 1.69. The van der Waals surface area contributed by atoms with Gasteiger partial charge < -0.3 is 20.6 Å². The van der Waals surface area contributed by atoms with Gasteiger partial charge in [-0.25, -0.2) is 9.07 Å². The van der Waals surface area contributed by atoms with Gasteiger partial charge in [0.25, 0.3) is 5.91 Å². The maximum absolute atomic E-state index is 13.3. The predicted octanol–water partition coefficient (Wildman–Crippen LogP) is 2.41. The third-order valence-electron chi connectivity index (χ3n) is 7.36. The Morgan fingerprint density at radius 2 is 1.82 bits per heavy atom. The van der Waals surface area contributed by atoms with E-state index in [0.717, 1.165) is 17.7 Å². The highest BCUT2D eigenvalue weighted by molar-refractivity contribution is 5.97. The second-order valence-corrected chi connectivity index (χ2v) is 10.1. The molecule has 10 heteroatoms. The number of nitrogens with one attached hydrogen (secondary N) is 2. The fraction of sp³-hybridized carbons (Fsp3) is 0.429. The molecule has 1 saturated carbocycles. The molecule has 38 heavy (non-hydrogen) atoms. The summed E-state index contributed by atoms with van der Waals surface area (Å²) in [6.07, 6.45) is 6.23. The number of piperidine rings is 1. The molecule has 1 aromatic heterocycles. The number of amides is 2. The Labute approximate surface area is 221 Å². The van der Waals surface area contributed by atoms with Crippen molar-refractivity contribution in [3.8, 4) is 5.69 Å². The number of aromatic nitrogens is 3.